The zero-order chi connectivity index (χ0) is 23.0. The van der Waals surface area contributed by atoms with E-state index in [0.29, 0.717) is 0 Å². The van der Waals surface area contributed by atoms with Crippen molar-refractivity contribution in [3.05, 3.63) is 71.3 Å². The van der Waals surface area contributed by atoms with Crippen LogP contribution >= 0.6 is 0 Å². The molecule has 0 fully saturated rings. The van der Waals surface area contributed by atoms with Gasteiger partial charge in [-0.2, -0.15) is 13.2 Å². The van der Waals surface area contributed by atoms with Gasteiger partial charge < -0.3 is 15.7 Å². The van der Waals surface area contributed by atoms with Crippen molar-refractivity contribution in [1.82, 2.24) is 10.6 Å². The number of nitrogens with one attached hydrogen (secondary N) is 2. The van der Waals surface area contributed by atoms with E-state index in [2.05, 4.69) is 10.6 Å². The van der Waals surface area contributed by atoms with E-state index in [0.717, 1.165) is 17.7 Å². The SMILES string of the molecule is C[C@@H](NC(=O)CCC(=O)N[C@H](Cc1cccc(C(F)(F)F)c1)C(=O)O)c1ccccc1. The van der Waals surface area contributed by atoms with Gasteiger partial charge in [0.15, 0.2) is 0 Å². The lowest BCUT2D eigenvalue weighted by Gasteiger charge is -2.16. The minimum absolute atomic E-state index is 0.122. The molecule has 0 aliphatic heterocycles. The van der Waals surface area contributed by atoms with Gasteiger partial charge in [0.25, 0.3) is 0 Å². The van der Waals surface area contributed by atoms with Crippen LogP contribution in [0.1, 0.15) is 42.5 Å². The summed E-state index contributed by atoms with van der Waals surface area (Å²) in [4.78, 5) is 35.6. The molecule has 2 atom stereocenters. The molecule has 0 spiro atoms. The Morgan fingerprint density at radius 2 is 1.55 bits per heavy atom. The maximum atomic E-state index is 12.8. The summed E-state index contributed by atoms with van der Waals surface area (Å²) in [5.74, 6) is -2.44. The molecule has 0 aromatic heterocycles. The van der Waals surface area contributed by atoms with Crippen LogP contribution in [0.4, 0.5) is 13.2 Å². The van der Waals surface area contributed by atoms with Crippen molar-refractivity contribution in [2.75, 3.05) is 0 Å². The van der Waals surface area contributed by atoms with Gasteiger partial charge in [0.1, 0.15) is 6.04 Å². The minimum atomic E-state index is -4.55. The summed E-state index contributed by atoms with van der Waals surface area (Å²) in [7, 11) is 0. The van der Waals surface area contributed by atoms with E-state index < -0.39 is 29.7 Å². The van der Waals surface area contributed by atoms with Crippen LogP contribution in [0.25, 0.3) is 0 Å². The fourth-order valence-electron chi connectivity index (χ4n) is 2.94. The Morgan fingerprint density at radius 3 is 2.13 bits per heavy atom. The zero-order valence-electron chi connectivity index (χ0n) is 16.8. The molecule has 0 saturated carbocycles. The summed E-state index contributed by atoms with van der Waals surface area (Å²) in [5, 5.41) is 14.3. The molecular formula is C22H23F3N2O4. The van der Waals surface area contributed by atoms with Gasteiger partial charge in [-0.15, -0.1) is 0 Å². The van der Waals surface area contributed by atoms with Crippen molar-refractivity contribution in [3.63, 3.8) is 0 Å². The molecule has 0 radical (unpaired) electrons. The highest BCUT2D eigenvalue weighted by Gasteiger charge is 2.31. The van der Waals surface area contributed by atoms with Crippen molar-refractivity contribution in [1.29, 1.82) is 0 Å². The molecule has 0 heterocycles. The molecule has 2 aromatic carbocycles. The van der Waals surface area contributed by atoms with Crippen LogP contribution in [-0.2, 0) is 27.0 Å². The third kappa shape index (κ3) is 7.76. The Morgan fingerprint density at radius 1 is 0.935 bits per heavy atom. The lowest BCUT2D eigenvalue weighted by atomic mass is 10.0. The fraction of sp³-hybridized carbons (Fsp3) is 0.318. The average Bonchev–Trinajstić information content (AvgIpc) is 2.72. The highest BCUT2D eigenvalue weighted by Crippen LogP contribution is 2.29. The number of carboxylic acid groups (broad SMARTS) is 1. The number of rotatable bonds is 9. The van der Waals surface area contributed by atoms with Gasteiger partial charge in [0.05, 0.1) is 11.6 Å². The number of amides is 2. The zero-order valence-corrected chi connectivity index (χ0v) is 16.8. The second kappa shape index (κ2) is 10.6. The summed E-state index contributed by atoms with van der Waals surface area (Å²) in [6.07, 6.45) is -5.27. The van der Waals surface area contributed by atoms with Crippen LogP contribution in [0, 0.1) is 0 Å². The maximum absolute atomic E-state index is 12.8. The molecule has 0 aliphatic carbocycles. The first-order chi connectivity index (χ1) is 14.6. The normalized spacial score (nSPS) is 13.2. The van der Waals surface area contributed by atoms with Crippen LogP contribution < -0.4 is 10.6 Å². The first-order valence-electron chi connectivity index (χ1n) is 9.59. The van der Waals surface area contributed by atoms with Gasteiger partial charge in [0, 0.05) is 19.3 Å². The van der Waals surface area contributed by atoms with E-state index in [9.17, 15) is 32.7 Å². The largest absolute Gasteiger partial charge is 0.480 e. The second-order valence-corrected chi connectivity index (χ2v) is 7.06. The first-order valence-corrected chi connectivity index (χ1v) is 9.59. The van der Waals surface area contributed by atoms with E-state index >= 15 is 0 Å². The first kappa shape index (κ1) is 23.9. The minimum Gasteiger partial charge on any atom is -0.480 e. The molecule has 2 rings (SSSR count). The molecule has 0 unspecified atom stereocenters. The van der Waals surface area contributed by atoms with Gasteiger partial charge in [-0.05, 0) is 24.1 Å². The number of aliphatic carboxylic acids is 1. The van der Waals surface area contributed by atoms with Crippen molar-refractivity contribution in [2.45, 2.75) is 44.4 Å². The lowest BCUT2D eigenvalue weighted by molar-refractivity contribution is -0.141. The second-order valence-electron chi connectivity index (χ2n) is 7.06. The molecule has 6 nitrogen and oxygen atoms in total. The van der Waals surface area contributed by atoms with Gasteiger partial charge in [-0.3, -0.25) is 9.59 Å². The van der Waals surface area contributed by atoms with Crippen LogP contribution in [0.2, 0.25) is 0 Å². The van der Waals surface area contributed by atoms with E-state index in [1.807, 2.05) is 30.3 Å². The highest BCUT2D eigenvalue weighted by atomic mass is 19.4. The van der Waals surface area contributed by atoms with Crippen molar-refractivity contribution >= 4 is 17.8 Å². The summed E-state index contributed by atoms with van der Waals surface area (Å²) < 4.78 is 38.5. The number of carbonyl (C=O) groups is 3. The van der Waals surface area contributed by atoms with E-state index in [1.165, 1.54) is 12.1 Å². The summed E-state index contributed by atoms with van der Waals surface area (Å²) in [6.45, 7) is 1.79. The number of carbonyl (C=O) groups excluding carboxylic acids is 2. The molecule has 0 aliphatic rings. The Kier molecular flexibility index (Phi) is 8.18. The van der Waals surface area contributed by atoms with E-state index in [4.69, 9.17) is 0 Å². The molecule has 9 heteroatoms. The Labute approximate surface area is 177 Å². The van der Waals surface area contributed by atoms with Gasteiger partial charge in [-0.25, -0.2) is 4.79 Å². The fourth-order valence-corrected chi connectivity index (χ4v) is 2.94. The number of carboxylic acids is 1. The van der Waals surface area contributed by atoms with Crippen molar-refractivity contribution in [2.24, 2.45) is 0 Å². The third-order valence-corrected chi connectivity index (χ3v) is 4.58. The Balaban J connectivity index is 1.88. The molecule has 2 amide bonds. The van der Waals surface area contributed by atoms with Gasteiger partial charge >= 0.3 is 12.1 Å². The number of alkyl halides is 3. The molecule has 31 heavy (non-hydrogen) atoms. The van der Waals surface area contributed by atoms with E-state index in [1.54, 1.807) is 6.92 Å². The molecule has 0 bridgehead atoms. The lowest BCUT2D eigenvalue weighted by Crippen LogP contribution is -2.42. The van der Waals surface area contributed by atoms with Crippen LogP contribution in [0.5, 0.6) is 0 Å². The summed E-state index contributed by atoms with van der Waals surface area (Å²) in [6, 6.07) is 11.8. The number of hydrogen-bond donors (Lipinski definition) is 3. The molecular weight excluding hydrogens is 413 g/mol. The third-order valence-electron chi connectivity index (χ3n) is 4.58. The monoisotopic (exact) mass is 436 g/mol. The number of benzene rings is 2. The van der Waals surface area contributed by atoms with Gasteiger partial charge in [-0.1, -0.05) is 48.5 Å². The number of halogens is 3. The molecule has 166 valence electrons. The predicted octanol–water partition coefficient (Wildman–Crippen LogP) is 3.47. The standard InChI is InChI=1S/C22H23F3N2O4/c1-14(16-7-3-2-4-8-16)26-19(28)10-11-20(29)27-18(21(30)31)13-15-6-5-9-17(12-15)22(23,24)25/h2-9,12,14,18H,10-11,13H2,1H3,(H,26,28)(H,27,29)(H,30,31)/t14-,18-/m1/s1. The van der Waals surface area contributed by atoms with Crippen molar-refractivity contribution < 1.29 is 32.7 Å². The molecule has 3 N–H and O–H groups in total. The van der Waals surface area contributed by atoms with Crippen LogP contribution in [0.3, 0.4) is 0 Å². The Hall–Kier alpha value is -3.36. The van der Waals surface area contributed by atoms with Gasteiger partial charge in [0.2, 0.25) is 11.8 Å². The maximum Gasteiger partial charge on any atom is 0.416 e. The highest BCUT2D eigenvalue weighted by molar-refractivity contribution is 5.87. The quantitative estimate of drug-likeness (QED) is 0.561. The smallest absolute Gasteiger partial charge is 0.416 e. The van der Waals surface area contributed by atoms with E-state index in [-0.39, 0.29) is 36.8 Å². The number of hydrogen-bond acceptors (Lipinski definition) is 3. The predicted molar refractivity (Wildman–Crippen MR) is 107 cm³/mol. The molecule has 0 saturated heterocycles. The Bertz CT molecular complexity index is 916. The van der Waals surface area contributed by atoms with Crippen molar-refractivity contribution in [3.8, 4) is 0 Å². The average molecular weight is 436 g/mol. The van der Waals surface area contributed by atoms with Crippen LogP contribution in [0.15, 0.2) is 54.6 Å². The topological polar surface area (TPSA) is 95.5 Å². The summed E-state index contributed by atoms with van der Waals surface area (Å²) in [5.41, 5.74) is 0.119. The summed E-state index contributed by atoms with van der Waals surface area (Å²) >= 11 is 0. The molecule has 2 aromatic rings. The van der Waals surface area contributed by atoms with Crippen LogP contribution in [-0.4, -0.2) is 28.9 Å².